The smallest absolute Gasteiger partial charge is 0.246 e. The maximum Gasteiger partial charge on any atom is 0.246 e. The number of rotatable bonds is 5. The number of amides is 1. The van der Waals surface area contributed by atoms with Crippen molar-refractivity contribution >= 4 is 5.91 Å². The molecule has 0 bridgehead atoms. The van der Waals surface area contributed by atoms with E-state index < -0.39 is 0 Å². The van der Waals surface area contributed by atoms with Crippen LogP contribution in [-0.2, 0) is 9.53 Å². The maximum absolute atomic E-state index is 11.8. The van der Waals surface area contributed by atoms with E-state index in [0.29, 0.717) is 13.2 Å². The highest BCUT2D eigenvalue weighted by Crippen LogP contribution is 2.27. The summed E-state index contributed by atoms with van der Waals surface area (Å²) in [4.78, 5) is 13.7. The second-order valence-corrected chi connectivity index (χ2v) is 5.77. The Kier molecular flexibility index (Phi) is 6.42. The van der Waals surface area contributed by atoms with Gasteiger partial charge in [-0.2, -0.15) is 0 Å². The minimum atomic E-state index is 0.154. The van der Waals surface area contributed by atoms with Gasteiger partial charge in [0.1, 0.15) is 0 Å². The van der Waals surface area contributed by atoms with E-state index in [1.807, 2.05) is 4.90 Å². The summed E-state index contributed by atoms with van der Waals surface area (Å²) in [6.07, 6.45) is 14.6. The molecule has 0 spiro atoms. The topological polar surface area (TPSA) is 29.5 Å². The van der Waals surface area contributed by atoms with Crippen LogP contribution < -0.4 is 0 Å². The quantitative estimate of drug-likeness (QED) is 0.564. The van der Waals surface area contributed by atoms with E-state index in [9.17, 15) is 4.79 Å². The fourth-order valence-corrected chi connectivity index (χ4v) is 3.07. The molecule has 0 atom stereocenters. The van der Waals surface area contributed by atoms with E-state index in [0.717, 1.165) is 25.4 Å². The number of carbonyl (C=O) groups excluding carboxylic acids is 1. The number of carbonyl (C=O) groups is 1. The van der Waals surface area contributed by atoms with Crippen molar-refractivity contribution in [3.05, 3.63) is 12.2 Å². The Hall–Kier alpha value is -0.830. The van der Waals surface area contributed by atoms with Crippen LogP contribution >= 0.6 is 0 Å². The summed E-state index contributed by atoms with van der Waals surface area (Å²) in [5.74, 6) is 1.11. The zero-order chi connectivity index (χ0) is 13.3. The van der Waals surface area contributed by atoms with Gasteiger partial charge < -0.3 is 9.64 Å². The largest absolute Gasteiger partial charge is 0.378 e. The predicted molar refractivity (Wildman–Crippen MR) is 77.0 cm³/mol. The Morgan fingerprint density at radius 1 is 1.16 bits per heavy atom. The lowest BCUT2D eigenvalue weighted by Gasteiger charge is -2.25. The Morgan fingerprint density at radius 3 is 2.63 bits per heavy atom. The molecule has 0 aromatic rings. The standard InChI is InChI=1S/C16H27NO2/c18-16(17-11-13-19-14-12-17)10-6-2-5-9-15-7-3-1-4-8-15/h6,10,15H,1-5,7-9,11-14H2/b10-6+. The zero-order valence-corrected chi connectivity index (χ0v) is 12.0. The van der Waals surface area contributed by atoms with Crippen LogP contribution in [0.25, 0.3) is 0 Å². The normalized spacial score (nSPS) is 22.0. The maximum atomic E-state index is 11.8. The molecule has 0 aromatic carbocycles. The molecule has 0 unspecified atom stereocenters. The predicted octanol–water partition coefficient (Wildman–Crippen LogP) is 3.15. The Balaban J connectivity index is 1.56. The molecule has 2 fully saturated rings. The van der Waals surface area contributed by atoms with E-state index in [2.05, 4.69) is 6.08 Å². The molecule has 1 saturated carbocycles. The molecular formula is C16H27NO2. The SMILES string of the molecule is O=C(/C=C/CCCC1CCCCC1)N1CCOCC1. The van der Waals surface area contributed by atoms with Gasteiger partial charge in [0, 0.05) is 13.1 Å². The molecule has 2 rings (SSSR count). The number of morpholine rings is 1. The summed E-state index contributed by atoms with van der Waals surface area (Å²) in [5, 5.41) is 0. The molecule has 1 aliphatic heterocycles. The monoisotopic (exact) mass is 265 g/mol. The van der Waals surface area contributed by atoms with Gasteiger partial charge in [0.15, 0.2) is 0 Å². The summed E-state index contributed by atoms with van der Waals surface area (Å²) < 4.78 is 5.24. The number of allylic oxidation sites excluding steroid dienone is 1. The van der Waals surface area contributed by atoms with Crippen LogP contribution in [-0.4, -0.2) is 37.1 Å². The molecule has 2 aliphatic rings. The molecule has 0 radical (unpaired) electrons. The van der Waals surface area contributed by atoms with Crippen molar-refractivity contribution in [2.45, 2.75) is 51.4 Å². The number of nitrogens with zero attached hydrogens (tertiary/aromatic N) is 1. The van der Waals surface area contributed by atoms with Crippen molar-refractivity contribution in [2.75, 3.05) is 26.3 Å². The molecule has 3 heteroatoms. The minimum Gasteiger partial charge on any atom is -0.378 e. The minimum absolute atomic E-state index is 0.154. The van der Waals surface area contributed by atoms with Crippen molar-refractivity contribution in [1.29, 1.82) is 0 Å². The third-order valence-electron chi connectivity index (χ3n) is 4.29. The third-order valence-corrected chi connectivity index (χ3v) is 4.29. The molecule has 1 heterocycles. The molecular weight excluding hydrogens is 238 g/mol. The van der Waals surface area contributed by atoms with Crippen LogP contribution in [0, 0.1) is 5.92 Å². The van der Waals surface area contributed by atoms with Gasteiger partial charge in [-0.1, -0.05) is 44.6 Å². The number of hydrogen-bond donors (Lipinski definition) is 0. The van der Waals surface area contributed by atoms with Gasteiger partial charge >= 0.3 is 0 Å². The molecule has 1 saturated heterocycles. The van der Waals surface area contributed by atoms with Crippen LogP contribution in [0.15, 0.2) is 12.2 Å². The zero-order valence-electron chi connectivity index (χ0n) is 12.0. The van der Waals surface area contributed by atoms with E-state index in [-0.39, 0.29) is 5.91 Å². The molecule has 0 aromatic heterocycles. The highest BCUT2D eigenvalue weighted by Gasteiger charge is 2.14. The van der Waals surface area contributed by atoms with Crippen molar-refractivity contribution < 1.29 is 9.53 Å². The summed E-state index contributed by atoms with van der Waals surface area (Å²) >= 11 is 0. The van der Waals surface area contributed by atoms with E-state index in [1.54, 1.807) is 6.08 Å². The van der Waals surface area contributed by atoms with Crippen LogP contribution in [0.5, 0.6) is 0 Å². The fourth-order valence-electron chi connectivity index (χ4n) is 3.07. The average Bonchev–Trinajstić information content (AvgIpc) is 2.49. The van der Waals surface area contributed by atoms with Gasteiger partial charge in [0.05, 0.1) is 13.2 Å². The average molecular weight is 265 g/mol. The van der Waals surface area contributed by atoms with Gasteiger partial charge in [0.2, 0.25) is 5.91 Å². The number of ether oxygens (including phenoxy) is 1. The van der Waals surface area contributed by atoms with Crippen molar-refractivity contribution in [3.8, 4) is 0 Å². The van der Waals surface area contributed by atoms with Crippen LogP contribution in [0.1, 0.15) is 51.4 Å². The van der Waals surface area contributed by atoms with Gasteiger partial charge in [-0.25, -0.2) is 0 Å². The van der Waals surface area contributed by atoms with Crippen molar-refractivity contribution in [1.82, 2.24) is 4.90 Å². The van der Waals surface area contributed by atoms with Gasteiger partial charge in [-0.3, -0.25) is 4.79 Å². The summed E-state index contributed by atoms with van der Waals surface area (Å²) in [7, 11) is 0. The third kappa shape index (κ3) is 5.35. The second-order valence-electron chi connectivity index (χ2n) is 5.77. The highest BCUT2D eigenvalue weighted by atomic mass is 16.5. The summed E-state index contributed by atoms with van der Waals surface area (Å²) in [6.45, 7) is 2.85. The van der Waals surface area contributed by atoms with Crippen molar-refractivity contribution in [2.24, 2.45) is 5.92 Å². The van der Waals surface area contributed by atoms with Gasteiger partial charge in [-0.05, 0) is 24.8 Å². The van der Waals surface area contributed by atoms with Crippen LogP contribution in [0.4, 0.5) is 0 Å². The molecule has 3 nitrogen and oxygen atoms in total. The second kappa shape index (κ2) is 8.36. The van der Waals surface area contributed by atoms with Crippen LogP contribution in [0.3, 0.4) is 0 Å². The Labute approximate surface area is 117 Å². The summed E-state index contributed by atoms with van der Waals surface area (Å²) in [6, 6.07) is 0. The number of unbranched alkanes of at least 4 members (excludes halogenated alkanes) is 1. The molecule has 108 valence electrons. The van der Waals surface area contributed by atoms with E-state index in [1.165, 1.54) is 44.9 Å². The first-order valence-corrected chi connectivity index (χ1v) is 7.89. The lowest BCUT2D eigenvalue weighted by atomic mass is 9.86. The molecule has 1 amide bonds. The molecule has 1 aliphatic carbocycles. The van der Waals surface area contributed by atoms with Crippen molar-refractivity contribution in [3.63, 3.8) is 0 Å². The first kappa shape index (κ1) is 14.6. The van der Waals surface area contributed by atoms with E-state index in [4.69, 9.17) is 4.74 Å². The Morgan fingerprint density at radius 2 is 1.89 bits per heavy atom. The lowest BCUT2D eigenvalue weighted by Crippen LogP contribution is -2.39. The van der Waals surface area contributed by atoms with Gasteiger partial charge in [-0.15, -0.1) is 0 Å². The van der Waals surface area contributed by atoms with Crippen LogP contribution in [0.2, 0.25) is 0 Å². The fraction of sp³-hybridized carbons (Fsp3) is 0.812. The Bertz CT molecular complexity index is 289. The first-order chi connectivity index (χ1) is 9.36. The van der Waals surface area contributed by atoms with E-state index >= 15 is 0 Å². The summed E-state index contributed by atoms with van der Waals surface area (Å²) in [5.41, 5.74) is 0. The molecule has 0 N–H and O–H groups in total. The highest BCUT2D eigenvalue weighted by molar-refractivity contribution is 5.87. The lowest BCUT2D eigenvalue weighted by molar-refractivity contribution is -0.129. The number of hydrogen-bond acceptors (Lipinski definition) is 2. The molecule has 19 heavy (non-hydrogen) atoms. The first-order valence-electron chi connectivity index (χ1n) is 7.89. The van der Waals surface area contributed by atoms with Gasteiger partial charge in [0.25, 0.3) is 0 Å².